The van der Waals surface area contributed by atoms with Crippen LogP contribution >= 0.6 is 0 Å². The molecule has 10 heteroatoms. The second kappa shape index (κ2) is 8.11. The van der Waals surface area contributed by atoms with E-state index in [2.05, 4.69) is 0 Å². The SMILES string of the molecule is Cc1ccc2c(CC(=O)OCC(=O)NC(=O)NCC(F)(F)F)coc2c1C. The first-order valence-corrected chi connectivity index (χ1v) is 7.83. The molecule has 2 rings (SSSR count). The van der Waals surface area contributed by atoms with Gasteiger partial charge in [-0.3, -0.25) is 14.9 Å². The summed E-state index contributed by atoms with van der Waals surface area (Å²) in [6, 6.07) is 2.36. The van der Waals surface area contributed by atoms with Gasteiger partial charge in [-0.05, 0) is 25.0 Å². The Balaban J connectivity index is 1.83. The number of nitrogens with one attached hydrogen (secondary N) is 2. The largest absolute Gasteiger partial charge is 0.464 e. The number of urea groups is 1. The zero-order valence-electron chi connectivity index (χ0n) is 14.5. The van der Waals surface area contributed by atoms with Gasteiger partial charge < -0.3 is 14.5 Å². The number of hydrogen-bond donors (Lipinski definition) is 2. The van der Waals surface area contributed by atoms with Gasteiger partial charge in [0.1, 0.15) is 12.1 Å². The van der Waals surface area contributed by atoms with E-state index in [1.165, 1.54) is 11.6 Å². The lowest BCUT2D eigenvalue weighted by Gasteiger charge is -2.09. The van der Waals surface area contributed by atoms with Crippen molar-refractivity contribution >= 4 is 28.9 Å². The summed E-state index contributed by atoms with van der Waals surface area (Å²) in [5.41, 5.74) is 3.20. The van der Waals surface area contributed by atoms with E-state index in [-0.39, 0.29) is 6.42 Å². The van der Waals surface area contributed by atoms with Crippen LogP contribution in [0.2, 0.25) is 0 Å². The molecular formula is C17H17F3N2O5. The smallest absolute Gasteiger partial charge is 0.405 e. The number of alkyl halides is 3. The van der Waals surface area contributed by atoms with E-state index >= 15 is 0 Å². The van der Waals surface area contributed by atoms with Crippen molar-refractivity contribution in [3.63, 3.8) is 0 Å². The van der Waals surface area contributed by atoms with Crippen LogP contribution in [-0.2, 0) is 20.7 Å². The van der Waals surface area contributed by atoms with Crippen molar-refractivity contribution in [3.8, 4) is 0 Å². The normalized spacial score (nSPS) is 11.3. The van der Waals surface area contributed by atoms with Crippen LogP contribution < -0.4 is 10.6 Å². The third kappa shape index (κ3) is 5.73. The molecular weight excluding hydrogens is 369 g/mol. The van der Waals surface area contributed by atoms with E-state index < -0.39 is 37.2 Å². The fraction of sp³-hybridized carbons (Fsp3) is 0.353. The molecule has 3 amide bonds. The number of carbonyl (C=O) groups excluding carboxylic acids is 3. The number of aryl methyl sites for hydroxylation is 2. The van der Waals surface area contributed by atoms with Crippen LogP contribution in [0.1, 0.15) is 16.7 Å². The maximum atomic E-state index is 11.9. The average molecular weight is 386 g/mol. The number of amides is 3. The topological polar surface area (TPSA) is 97.6 Å². The minimum absolute atomic E-state index is 0.164. The summed E-state index contributed by atoms with van der Waals surface area (Å²) in [4.78, 5) is 34.4. The lowest BCUT2D eigenvalue weighted by Crippen LogP contribution is -2.44. The highest BCUT2D eigenvalue weighted by Crippen LogP contribution is 2.26. The molecule has 2 N–H and O–H groups in total. The number of furan rings is 1. The molecule has 0 saturated heterocycles. The van der Waals surface area contributed by atoms with Gasteiger partial charge in [0.15, 0.2) is 6.61 Å². The van der Waals surface area contributed by atoms with Crippen LogP contribution in [0.4, 0.5) is 18.0 Å². The third-order valence-electron chi connectivity index (χ3n) is 3.74. The van der Waals surface area contributed by atoms with Gasteiger partial charge in [0.2, 0.25) is 0 Å². The highest BCUT2D eigenvalue weighted by atomic mass is 19.4. The van der Waals surface area contributed by atoms with Crippen molar-refractivity contribution in [2.45, 2.75) is 26.4 Å². The minimum Gasteiger partial charge on any atom is -0.464 e. The number of hydrogen-bond acceptors (Lipinski definition) is 5. The fourth-order valence-electron chi connectivity index (χ4n) is 2.27. The second-order valence-corrected chi connectivity index (χ2v) is 5.83. The molecule has 7 nitrogen and oxygen atoms in total. The van der Waals surface area contributed by atoms with E-state index in [4.69, 9.17) is 9.15 Å². The number of benzene rings is 1. The summed E-state index contributed by atoms with van der Waals surface area (Å²) in [6.07, 6.45) is -3.34. The second-order valence-electron chi connectivity index (χ2n) is 5.83. The summed E-state index contributed by atoms with van der Waals surface area (Å²) in [7, 11) is 0. The number of halogens is 3. The van der Waals surface area contributed by atoms with E-state index in [1.807, 2.05) is 26.0 Å². The van der Waals surface area contributed by atoms with Gasteiger partial charge >= 0.3 is 18.2 Å². The molecule has 2 aromatic rings. The number of carbonyl (C=O) groups is 3. The molecule has 0 spiro atoms. The molecule has 0 unspecified atom stereocenters. The number of ether oxygens (including phenoxy) is 1. The van der Waals surface area contributed by atoms with Gasteiger partial charge in [-0.1, -0.05) is 12.1 Å². The van der Waals surface area contributed by atoms with Gasteiger partial charge in [0, 0.05) is 10.9 Å². The first kappa shape index (κ1) is 20.3. The van der Waals surface area contributed by atoms with Crippen molar-refractivity contribution < 1.29 is 36.7 Å². The van der Waals surface area contributed by atoms with Gasteiger partial charge in [-0.15, -0.1) is 0 Å². The monoisotopic (exact) mass is 386 g/mol. The van der Waals surface area contributed by atoms with Gasteiger partial charge in [-0.25, -0.2) is 4.79 Å². The summed E-state index contributed by atoms with van der Waals surface area (Å²) in [6.45, 7) is 1.43. The van der Waals surface area contributed by atoms with Crippen LogP contribution in [0.15, 0.2) is 22.8 Å². The zero-order valence-corrected chi connectivity index (χ0v) is 14.5. The molecule has 0 aliphatic carbocycles. The Hall–Kier alpha value is -3.04. The maximum Gasteiger partial charge on any atom is 0.405 e. The number of esters is 1. The summed E-state index contributed by atoms with van der Waals surface area (Å²) >= 11 is 0. The fourth-order valence-corrected chi connectivity index (χ4v) is 2.27. The number of imide groups is 1. The lowest BCUT2D eigenvalue weighted by molar-refractivity contribution is -0.147. The predicted octanol–water partition coefficient (Wildman–Crippen LogP) is 2.52. The van der Waals surface area contributed by atoms with Crippen LogP contribution in [0.3, 0.4) is 0 Å². The first-order valence-electron chi connectivity index (χ1n) is 7.83. The molecule has 0 radical (unpaired) electrons. The Bertz CT molecular complexity index is 873. The molecule has 0 fully saturated rings. The molecule has 27 heavy (non-hydrogen) atoms. The molecule has 1 aromatic carbocycles. The number of fused-ring (bicyclic) bond motifs is 1. The summed E-state index contributed by atoms with van der Waals surface area (Å²) in [5.74, 6) is -1.80. The third-order valence-corrected chi connectivity index (χ3v) is 3.74. The Kier molecular flexibility index (Phi) is 6.09. The summed E-state index contributed by atoms with van der Waals surface area (Å²) in [5, 5.41) is 3.83. The van der Waals surface area contributed by atoms with E-state index in [0.717, 1.165) is 16.5 Å². The lowest BCUT2D eigenvalue weighted by atomic mass is 10.0. The maximum absolute atomic E-state index is 11.9. The summed E-state index contributed by atoms with van der Waals surface area (Å²) < 4.78 is 46.0. The highest BCUT2D eigenvalue weighted by molar-refractivity contribution is 5.95. The van der Waals surface area contributed by atoms with Crippen LogP contribution in [0, 0.1) is 13.8 Å². The molecule has 0 aliphatic heterocycles. The van der Waals surface area contributed by atoms with Gasteiger partial charge in [-0.2, -0.15) is 13.2 Å². The van der Waals surface area contributed by atoms with E-state index in [0.29, 0.717) is 11.1 Å². The average Bonchev–Trinajstić information content (AvgIpc) is 2.97. The zero-order chi connectivity index (χ0) is 20.2. The van der Waals surface area contributed by atoms with Crippen molar-refractivity contribution in [1.29, 1.82) is 0 Å². The van der Waals surface area contributed by atoms with E-state index in [1.54, 1.807) is 5.32 Å². The molecule has 0 saturated carbocycles. The Labute approximate surface area is 151 Å². The van der Waals surface area contributed by atoms with Crippen molar-refractivity contribution in [2.75, 3.05) is 13.2 Å². The van der Waals surface area contributed by atoms with Crippen LogP contribution in [-0.4, -0.2) is 37.2 Å². The standard InChI is InChI=1S/C17H17F3N2O5/c1-9-3-4-12-11(6-27-15(12)10(9)2)5-14(24)26-7-13(23)22-16(25)21-8-17(18,19)20/h3-4,6H,5,7-8H2,1-2H3,(H2,21,22,23,25). The van der Waals surface area contributed by atoms with Crippen molar-refractivity contribution in [3.05, 3.63) is 35.1 Å². The molecule has 0 bridgehead atoms. The Morgan fingerprint density at radius 3 is 2.56 bits per heavy atom. The van der Waals surface area contributed by atoms with Gasteiger partial charge in [0.25, 0.3) is 5.91 Å². The quantitative estimate of drug-likeness (QED) is 0.770. The molecule has 1 aromatic heterocycles. The first-order chi connectivity index (χ1) is 12.6. The van der Waals surface area contributed by atoms with Gasteiger partial charge in [0.05, 0.1) is 12.7 Å². The molecule has 146 valence electrons. The Morgan fingerprint density at radius 2 is 1.89 bits per heavy atom. The molecule has 1 heterocycles. The van der Waals surface area contributed by atoms with Crippen LogP contribution in [0.25, 0.3) is 11.0 Å². The highest BCUT2D eigenvalue weighted by Gasteiger charge is 2.28. The Morgan fingerprint density at radius 1 is 1.19 bits per heavy atom. The molecule has 0 atom stereocenters. The van der Waals surface area contributed by atoms with E-state index in [9.17, 15) is 27.6 Å². The van der Waals surface area contributed by atoms with Crippen molar-refractivity contribution in [2.24, 2.45) is 0 Å². The predicted molar refractivity (Wildman–Crippen MR) is 87.9 cm³/mol. The number of rotatable bonds is 5. The molecule has 0 aliphatic rings. The minimum atomic E-state index is -4.60. The van der Waals surface area contributed by atoms with Crippen LogP contribution in [0.5, 0.6) is 0 Å². The van der Waals surface area contributed by atoms with Crippen molar-refractivity contribution in [1.82, 2.24) is 10.6 Å².